The summed E-state index contributed by atoms with van der Waals surface area (Å²) in [6.45, 7) is -1.85. The second-order valence-corrected chi connectivity index (χ2v) is 13.4. The molecule has 20 nitrogen and oxygen atoms in total. The molecule has 3 aliphatic rings. The average Bonchev–Trinajstić information content (AvgIpc) is 3.73. The first-order valence-corrected chi connectivity index (χ1v) is 16.3. The van der Waals surface area contributed by atoms with Crippen LogP contribution < -0.4 is 11.3 Å². The summed E-state index contributed by atoms with van der Waals surface area (Å²) in [4.78, 5) is 49.6. The van der Waals surface area contributed by atoms with Crippen LogP contribution in [0, 0.1) is 5.82 Å². The van der Waals surface area contributed by atoms with E-state index in [1.165, 1.54) is 7.05 Å². The molecule has 0 spiro atoms. The zero-order valence-electron chi connectivity index (χ0n) is 23.2. The van der Waals surface area contributed by atoms with Crippen molar-refractivity contribution in [2.45, 2.75) is 49.1 Å². The van der Waals surface area contributed by atoms with Crippen LogP contribution in [0.15, 0.2) is 30.0 Å². The van der Waals surface area contributed by atoms with Crippen LogP contribution in [0.2, 0.25) is 0 Å². The number of anilines is 1. The number of rotatable bonds is 2. The summed E-state index contributed by atoms with van der Waals surface area (Å²) in [7, 11) is -9.05. The highest BCUT2D eigenvalue weighted by atomic mass is 31.2. The molecule has 3 saturated heterocycles. The molecule has 7 heterocycles. The first kappa shape index (κ1) is 31.3. The molecule has 3 aliphatic heterocycles. The number of nitrogens with two attached hydrogens (primary N) is 1. The Kier molecular flexibility index (Phi) is 7.61. The van der Waals surface area contributed by atoms with Crippen molar-refractivity contribution >= 4 is 43.7 Å². The smallest absolute Gasteiger partial charge is 0.387 e. The Hall–Kier alpha value is -3.27. The first-order chi connectivity index (χ1) is 21.7. The van der Waals surface area contributed by atoms with Gasteiger partial charge in [0.15, 0.2) is 41.6 Å². The standard InChI is InChI=1S/C22H24F2N8O12P2/c1-30-6-29-18-11(20(30)34)8(23)2-31(18)22-16-14(33)9(41-22)3-39-45(35,36)43-15-10(4-40-46(37,38)44-16)42-21(12(15)24)32-7-28-13-17(25)26-5-27-19(13)32/h2,5-7,9-10,12,14-16,21-22,33H,3-4H2,1H3,(H,35,36)(H,37,38)(H2,25,26,27)/t9-,10-,12-,14-,15-,16-,21-,22-/m1/s1. The maximum atomic E-state index is 15.9. The van der Waals surface area contributed by atoms with E-state index in [1.54, 1.807) is 0 Å². The molecule has 10 atom stereocenters. The molecule has 4 aromatic heterocycles. The number of alkyl halides is 1. The summed E-state index contributed by atoms with van der Waals surface area (Å²) in [5.41, 5.74) is 4.93. The van der Waals surface area contributed by atoms with Crippen molar-refractivity contribution in [3.05, 3.63) is 41.3 Å². The van der Waals surface area contributed by atoms with E-state index in [0.717, 1.165) is 38.9 Å². The fourth-order valence-corrected chi connectivity index (χ4v) is 7.40. The summed E-state index contributed by atoms with van der Waals surface area (Å²) >= 11 is 0. The van der Waals surface area contributed by atoms with Crippen LogP contribution >= 0.6 is 15.6 Å². The minimum absolute atomic E-state index is 0.0165. The van der Waals surface area contributed by atoms with Crippen LogP contribution in [0.1, 0.15) is 12.5 Å². The van der Waals surface area contributed by atoms with Crippen LogP contribution in [-0.4, -0.2) is 98.4 Å². The number of phosphoric acid groups is 2. The molecule has 3 fully saturated rings. The number of imidazole rings is 1. The number of aliphatic hydroxyl groups excluding tert-OH is 1. The van der Waals surface area contributed by atoms with Crippen molar-refractivity contribution in [3.8, 4) is 0 Å². The van der Waals surface area contributed by atoms with Crippen molar-refractivity contribution < 1.29 is 60.4 Å². The van der Waals surface area contributed by atoms with Crippen LogP contribution in [0.25, 0.3) is 22.2 Å². The third-order valence-electron chi connectivity index (χ3n) is 7.68. The topological polar surface area (TPSA) is 260 Å². The van der Waals surface area contributed by atoms with Gasteiger partial charge in [-0.15, -0.1) is 0 Å². The van der Waals surface area contributed by atoms with Gasteiger partial charge in [0.1, 0.15) is 47.8 Å². The van der Waals surface area contributed by atoms with Crippen LogP contribution in [0.3, 0.4) is 0 Å². The molecule has 7 rings (SSSR count). The molecule has 0 aliphatic carbocycles. The van der Waals surface area contributed by atoms with E-state index in [1.807, 2.05) is 0 Å². The Balaban J connectivity index is 1.21. The van der Waals surface area contributed by atoms with Crippen molar-refractivity contribution in [1.29, 1.82) is 0 Å². The lowest BCUT2D eigenvalue weighted by molar-refractivity contribution is -0.0670. The molecule has 0 radical (unpaired) electrons. The Morgan fingerprint density at radius 3 is 2.35 bits per heavy atom. The fourth-order valence-electron chi connectivity index (χ4n) is 5.51. The minimum atomic E-state index is -5.21. The molecule has 5 N–H and O–H groups in total. The third kappa shape index (κ3) is 5.24. The van der Waals surface area contributed by atoms with Gasteiger partial charge in [-0.05, 0) is 0 Å². The molecule has 46 heavy (non-hydrogen) atoms. The second kappa shape index (κ2) is 11.2. The van der Waals surface area contributed by atoms with Gasteiger partial charge < -0.3 is 39.2 Å². The molecule has 24 heteroatoms. The number of aryl methyl sites for hydroxylation is 1. The van der Waals surface area contributed by atoms with E-state index in [2.05, 4.69) is 19.9 Å². The fraction of sp³-hybridized carbons (Fsp3) is 0.500. The van der Waals surface area contributed by atoms with Gasteiger partial charge in [-0.3, -0.25) is 27.5 Å². The number of hydrogen-bond donors (Lipinski definition) is 4. The molecule has 248 valence electrons. The van der Waals surface area contributed by atoms with Gasteiger partial charge >= 0.3 is 15.6 Å². The summed E-state index contributed by atoms with van der Waals surface area (Å²) < 4.78 is 92.0. The monoisotopic (exact) mass is 692 g/mol. The van der Waals surface area contributed by atoms with Gasteiger partial charge in [0.25, 0.3) is 5.56 Å². The molecule has 4 aromatic rings. The first-order valence-electron chi connectivity index (χ1n) is 13.3. The third-order valence-corrected chi connectivity index (χ3v) is 9.65. The Morgan fingerprint density at radius 2 is 1.61 bits per heavy atom. The highest BCUT2D eigenvalue weighted by molar-refractivity contribution is 7.47. The number of halogens is 2. The van der Waals surface area contributed by atoms with Crippen molar-refractivity contribution in [2.24, 2.45) is 7.05 Å². The van der Waals surface area contributed by atoms with E-state index in [-0.39, 0.29) is 22.6 Å². The lowest BCUT2D eigenvalue weighted by Gasteiger charge is -2.25. The molecule has 2 bridgehead atoms. The Labute approximate surface area is 254 Å². The predicted molar refractivity (Wildman–Crippen MR) is 145 cm³/mol. The Morgan fingerprint density at radius 1 is 0.935 bits per heavy atom. The maximum absolute atomic E-state index is 15.9. The summed E-state index contributed by atoms with van der Waals surface area (Å²) in [6, 6.07) is 0. The molecular formula is C22H24F2N8O12P2. The zero-order chi connectivity index (χ0) is 32.7. The number of aliphatic hydroxyl groups is 1. The average molecular weight is 692 g/mol. The zero-order valence-corrected chi connectivity index (χ0v) is 25.0. The van der Waals surface area contributed by atoms with Gasteiger partial charge in [-0.2, -0.15) is 0 Å². The van der Waals surface area contributed by atoms with E-state index in [0.29, 0.717) is 0 Å². The van der Waals surface area contributed by atoms with Crippen LogP contribution in [0.5, 0.6) is 0 Å². The summed E-state index contributed by atoms with van der Waals surface area (Å²) in [6.07, 6.45) is -10.1. The quantitative estimate of drug-likeness (QED) is 0.198. The number of aromatic nitrogens is 7. The van der Waals surface area contributed by atoms with E-state index >= 15 is 4.39 Å². The number of fused-ring (bicyclic) bond motifs is 5. The van der Waals surface area contributed by atoms with Crippen LogP contribution in [0.4, 0.5) is 14.6 Å². The van der Waals surface area contributed by atoms with Gasteiger partial charge in [0.05, 0.1) is 25.9 Å². The molecule has 0 amide bonds. The normalized spacial score (nSPS) is 37.2. The summed E-state index contributed by atoms with van der Waals surface area (Å²) in [5.74, 6) is -1.04. The van der Waals surface area contributed by atoms with Crippen molar-refractivity contribution in [3.63, 3.8) is 0 Å². The lowest BCUT2D eigenvalue weighted by atomic mass is 10.1. The van der Waals surface area contributed by atoms with Gasteiger partial charge in [0.2, 0.25) is 0 Å². The summed E-state index contributed by atoms with van der Waals surface area (Å²) in [5, 5.41) is 10.5. The Bertz CT molecular complexity index is 1990. The lowest BCUT2D eigenvalue weighted by Crippen LogP contribution is -2.35. The molecular weight excluding hydrogens is 668 g/mol. The number of nitrogen functional groups attached to an aromatic ring is 1. The highest BCUT2D eigenvalue weighted by Gasteiger charge is 2.54. The largest absolute Gasteiger partial charge is 0.472 e. The van der Waals surface area contributed by atoms with Gasteiger partial charge in [-0.25, -0.2) is 37.8 Å². The number of phosphoric ester groups is 2. The second-order valence-electron chi connectivity index (χ2n) is 10.6. The number of ether oxygens (including phenoxy) is 2. The minimum Gasteiger partial charge on any atom is -0.387 e. The predicted octanol–water partition coefficient (Wildman–Crippen LogP) is -0.192. The molecule has 0 saturated carbocycles. The SMILES string of the molecule is Cn1cnc2c(c(F)cn2[C@@H]2O[C@@H]3COP(=O)(O)O[C@H]4[C@@H](F)[C@H](n5cnc6c(N)ncnc65)O[C@@H]4COP(=O)(O)O[C@@H]2[C@@H]3O)c1=O. The maximum Gasteiger partial charge on any atom is 0.472 e. The molecule has 2 unspecified atom stereocenters. The van der Waals surface area contributed by atoms with Gasteiger partial charge in [0, 0.05) is 13.2 Å². The highest BCUT2D eigenvalue weighted by Crippen LogP contribution is 2.54. The van der Waals surface area contributed by atoms with Crippen molar-refractivity contribution in [1.82, 2.24) is 33.6 Å². The van der Waals surface area contributed by atoms with E-state index in [9.17, 15) is 33.2 Å². The molecule has 0 aromatic carbocycles. The van der Waals surface area contributed by atoms with Crippen molar-refractivity contribution in [2.75, 3.05) is 18.9 Å². The van der Waals surface area contributed by atoms with Gasteiger partial charge in [-0.1, -0.05) is 0 Å². The van der Waals surface area contributed by atoms with E-state index < -0.39 is 94.8 Å². The van der Waals surface area contributed by atoms with E-state index in [4.69, 9.17) is 33.3 Å². The number of nitrogens with zero attached hydrogens (tertiary/aromatic N) is 7. The van der Waals surface area contributed by atoms with Crippen LogP contribution in [-0.2, 0) is 43.7 Å². The number of hydrogen-bond acceptors (Lipinski definition) is 15.